The number of hydrogen-bond acceptors (Lipinski definition) is 3. The number of thiophene rings is 1. The van der Waals surface area contributed by atoms with Gasteiger partial charge in [0.05, 0.1) is 0 Å². The van der Waals surface area contributed by atoms with Crippen molar-refractivity contribution >= 4 is 17.4 Å². The summed E-state index contributed by atoms with van der Waals surface area (Å²) in [5.74, 6) is 0. The summed E-state index contributed by atoms with van der Waals surface area (Å²) in [4.78, 5) is 16.2. The quantitative estimate of drug-likeness (QED) is 0.898. The molecule has 1 saturated carbocycles. The number of carbonyl (C=O) groups excluding carboxylic acids is 1. The fourth-order valence-electron chi connectivity index (χ4n) is 2.84. The Morgan fingerprint density at radius 1 is 1.23 bits per heavy atom. The van der Waals surface area contributed by atoms with Gasteiger partial charge < -0.3 is 10.6 Å². The Kier molecular flexibility index (Phi) is 5.06. The minimum Gasteiger partial charge on any atom is -0.335 e. The summed E-state index contributed by atoms with van der Waals surface area (Å²) in [6, 6.07) is 4.42. The lowest BCUT2D eigenvalue weighted by atomic mass is 9.96. The molecule has 5 heteroatoms. The molecule has 116 valence electrons. The molecule has 2 aromatic heterocycles. The second-order valence-electron chi connectivity index (χ2n) is 5.76. The second-order valence-corrected chi connectivity index (χ2v) is 6.54. The molecular weight excluding hydrogens is 294 g/mol. The Morgan fingerprint density at radius 2 is 2.09 bits per heavy atom. The van der Waals surface area contributed by atoms with Crippen LogP contribution in [0.25, 0.3) is 11.1 Å². The molecule has 3 rings (SSSR count). The lowest BCUT2D eigenvalue weighted by molar-refractivity contribution is 0.232. The molecule has 0 bridgehead atoms. The summed E-state index contributed by atoms with van der Waals surface area (Å²) < 4.78 is 0. The lowest BCUT2D eigenvalue weighted by Gasteiger charge is -2.22. The molecule has 0 aromatic carbocycles. The predicted molar refractivity (Wildman–Crippen MR) is 89.8 cm³/mol. The lowest BCUT2D eigenvalue weighted by Crippen LogP contribution is -2.42. The number of pyridine rings is 1. The third-order valence-electron chi connectivity index (χ3n) is 4.04. The van der Waals surface area contributed by atoms with Crippen LogP contribution in [-0.4, -0.2) is 17.1 Å². The van der Waals surface area contributed by atoms with Gasteiger partial charge >= 0.3 is 6.03 Å². The minimum absolute atomic E-state index is 0.0761. The van der Waals surface area contributed by atoms with E-state index in [-0.39, 0.29) is 6.03 Å². The van der Waals surface area contributed by atoms with E-state index in [1.165, 1.54) is 24.8 Å². The number of nitrogens with zero attached hydrogens (tertiary/aromatic N) is 1. The zero-order chi connectivity index (χ0) is 15.2. The van der Waals surface area contributed by atoms with E-state index in [0.717, 1.165) is 24.0 Å². The van der Waals surface area contributed by atoms with Crippen LogP contribution in [0.15, 0.2) is 35.3 Å². The van der Waals surface area contributed by atoms with Gasteiger partial charge in [0.15, 0.2) is 0 Å². The summed E-state index contributed by atoms with van der Waals surface area (Å²) in [6.45, 7) is 0.504. The summed E-state index contributed by atoms with van der Waals surface area (Å²) in [7, 11) is 0. The second kappa shape index (κ2) is 7.40. The van der Waals surface area contributed by atoms with Crippen molar-refractivity contribution in [1.82, 2.24) is 15.6 Å². The average molecular weight is 315 g/mol. The van der Waals surface area contributed by atoms with Gasteiger partial charge in [-0.25, -0.2) is 4.79 Å². The van der Waals surface area contributed by atoms with Gasteiger partial charge in [-0.1, -0.05) is 19.3 Å². The number of amides is 2. The normalized spacial score (nSPS) is 15.5. The predicted octanol–water partition coefficient (Wildman–Crippen LogP) is 3.94. The summed E-state index contributed by atoms with van der Waals surface area (Å²) in [5.41, 5.74) is 3.28. The van der Waals surface area contributed by atoms with Crippen LogP contribution in [0, 0.1) is 0 Å². The Bertz CT molecular complexity index is 606. The highest BCUT2D eigenvalue weighted by Gasteiger charge is 2.15. The third-order valence-corrected chi connectivity index (χ3v) is 4.73. The third kappa shape index (κ3) is 4.07. The fourth-order valence-corrected chi connectivity index (χ4v) is 3.50. The van der Waals surface area contributed by atoms with Crippen molar-refractivity contribution < 1.29 is 4.79 Å². The van der Waals surface area contributed by atoms with Gasteiger partial charge in [-0.2, -0.15) is 11.3 Å². The van der Waals surface area contributed by atoms with Crippen LogP contribution in [0.2, 0.25) is 0 Å². The molecule has 1 aliphatic carbocycles. The molecule has 0 aliphatic heterocycles. The van der Waals surface area contributed by atoms with Crippen molar-refractivity contribution in [2.75, 3.05) is 0 Å². The summed E-state index contributed by atoms with van der Waals surface area (Å²) in [6.07, 6.45) is 9.59. The Labute approximate surface area is 135 Å². The molecule has 0 radical (unpaired) electrons. The van der Waals surface area contributed by atoms with E-state index in [1.54, 1.807) is 17.5 Å². The molecule has 2 heterocycles. The fraction of sp³-hybridized carbons (Fsp3) is 0.412. The topological polar surface area (TPSA) is 54.0 Å². The molecule has 1 fully saturated rings. The standard InChI is InChI=1S/C17H21N3OS/c21-17(20-16-4-2-1-3-5-16)19-10-13-8-15(11-18-9-13)14-6-7-22-12-14/h6-9,11-12,16H,1-5,10H2,(H2,19,20,21). The molecule has 2 aromatic rings. The molecule has 4 nitrogen and oxygen atoms in total. The molecule has 2 N–H and O–H groups in total. The molecule has 0 saturated heterocycles. The van der Waals surface area contributed by atoms with Gasteiger partial charge in [0.25, 0.3) is 0 Å². The van der Waals surface area contributed by atoms with Crippen LogP contribution >= 0.6 is 11.3 Å². The Balaban J connectivity index is 1.52. The number of urea groups is 1. The maximum absolute atomic E-state index is 12.0. The molecule has 2 amide bonds. The molecule has 0 atom stereocenters. The summed E-state index contributed by atoms with van der Waals surface area (Å²) >= 11 is 1.67. The number of carbonyl (C=O) groups is 1. The molecule has 0 spiro atoms. The zero-order valence-corrected chi connectivity index (χ0v) is 13.4. The van der Waals surface area contributed by atoms with E-state index < -0.39 is 0 Å². The highest BCUT2D eigenvalue weighted by atomic mass is 32.1. The maximum Gasteiger partial charge on any atom is 0.315 e. The van der Waals surface area contributed by atoms with Gasteiger partial charge in [-0.05, 0) is 46.9 Å². The first-order valence-electron chi connectivity index (χ1n) is 7.82. The van der Waals surface area contributed by atoms with Crippen molar-refractivity contribution in [2.45, 2.75) is 44.7 Å². The van der Waals surface area contributed by atoms with Crippen molar-refractivity contribution in [2.24, 2.45) is 0 Å². The van der Waals surface area contributed by atoms with Crippen molar-refractivity contribution in [3.05, 3.63) is 40.8 Å². The van der Waals surface area contributed by atoms with Crippen molar-refractivity contribution in [3.63, 3.8) is 0 Å². The van der Waals surface area contributed by atoms with Gasteiger partial charge in [-0.3, -0.25) is 4.98 Å². The van der Waals surface area contributed by atoms with Crippen molar-refractivity contribution in [1.29, 1.82) is 0 Å². The molecular formula is C17H21N3OS. The van der Waals surface area contributed by atoms with Crippen LogP contribution < -0.4 is 10.6 Å². The SMILES string of the molecule is O=C(NCc1cncc(-c2ccsc2)c1)NC1CCCCC1. The van der Waals surface area contributed by atoms with E-state index in [0.29, 0.717) is 12.6 Å². The van der Waals surface area contributed by atoms with Crippen LogP contribution in [0.4, 0.5) is 4.79 Å². The first-order chi connectivity index (χ1) is 10.8. The number of aromatic nitrogens is 1. The van der Waals surface area contributed by atoms with Gasteiger partial charge in [-0.15, -0.1) is 0 Å². The largest absolute Gasteiger partial charge is 0.335 e. The molecule has 0 unspecified atom stereocenters. The smallest absolute Gasteiger partial charge is 0.315 e. The number of nitrogens with one attached hydrogen (secondary N) is 2. The van der Waals surface area contributed by atoms with Gasteiger partial charge in [0.2, 0.25) is 0 Å². The van der Waals surface area contributed by atoms with Gasteiger partial charge in [0, 0.05) is 30.5 Å². The number of hydrogen-bond donors (Lipinski definition) is 2. The summed E-state index contributed by atoms with van der Waals surface area (Å²) in [5, 5.41) is 10.1. The average Bonchev–Trinajstić information content (AvgIpc) is 3.09. The van der Waals surface area contributed by atoms with E-state index >= 15 is 0 Å². The highest BCUT2D eigenvalue weighted by Crippen LogP contribution is 2.22. The van der Waals surface area contributed by atoms with Crippen LogP contribution in [-0.2, 0) is 6.54 Å². The monoisotopic (exact) mass is 315 g/mol. The van der Waals surface area contributed by atoms with Crippen LogP contribution in [0.3, 0.4) is 0 Å². The minimum atomic E-state index is -0.0761. The zero-order valence-electron chi connectivity index (χ0n) is 12.5. The first kappa shape index (κ1) is 15.0. The Hall–Kier alpha value is -1.88. The van der Waals surface area contributed by atoms with E-state index in [2.05, 4.69) is 38.5 Å². The van der Waals surface area contributed by atoms with Crippen LogP contribution in [0.5, 0.6) is 0 Å². The van der Waals surface area contributed by atoms with E-state index in [4.69, 9.17) is 0 Å². The van der Waals surface area contributed by atoms with E-state index in [9.17, 15) is 4.79 Å². The molecule has 22 heavy (non-hydrogen) atoms. The first-order valence-corrected chi connectivity index (χ1v) is 8.76. The van der Waals surface area contributed by atoms with Crippen LogP contribution in [0.1, 0.15) is 37.7 Å². The number of rotatable bonds is 4. The Morgan fingerprint density at radius 3 is 2.86 bits per heavy atom. The highest BCUT2D eigenvalue weighted by molar-refractivity contribution is 7.08. The molecule has 1 aliphatic rings. The van der Waals surface area contributed by atoms with Crippen molar-refractivity contribution in [3.8, 4) is 11.1 Å². The van der Waals surface area contributed by atoms with E-state index in [1.807, 2.05) is 6.20 Å². The van der Waals surface area contributed by atoms with Gasteiger partial charge in [0.1, 0.15) is 0 Å². The maximum atomic E-state index is 12.0.